The van der Waals surface area contributed by atoms with Gasteiger partial charge < -0.3 is 21.1 Å². The molecule has 1 aliphatic carbocycles. The third-order valence-corrected chi connectivity index (χ3v) is 6.16. The molecule has 5 nitrogen and oxygen atoms in total. The van der Waals surface area contributed by atoms with Crippen LogP contribution < -0.4 is 16.0 Å². The molecule has 2 aliphatic rings. The summed E-state index contributed by atoms with van der Waals surface area (Å²) in [4.78, 5) is 14.9. The van der Waals surface area contributed by atoms with E-state index in [1.807, 2.05) is 20.8 Å². The third-order valence-electron chi connectivity index (χ3n) is 6.16. The lowest BCUT2D eigenvalue weighted by Crippen LogP contribution is -2.76. The van der Waals surface area contributed by atoms with E-state index in [0.29, 0.717) is 13.0 Å². The number of rotatable bonds is 3. The molecule has 0 aromatic heterocycles. The van der Waals surface area contributed by atoms with Crippen LogP contribution >= 0.6 is 0 Å². The molecule has 1 saturated heterocycles. The monoisotopic (exact) mass is 349 g/mol. The molecule has 1 aromatic rings. The van der Waals surface area contributed by atoms with Gasteiger partial charge in [0.25, 0.3) is 0 Å². The van der Waals surface area contributed by atoms with Crippen LogP contribution in [0.25, 0.3) is 0 Å². The Hall–Kier alpha value is -1.66. The van der Waals surface area contributed by atoms with Gasteiger partial charge in [-0.3, -0.25) is 4.79 Å². The molecule has 3 atom stereocenters. The number of carbonyl (C=O) groups excluding carboxylic acids is 1. The number of anilines is 1. The van der Waals surface area contributed by atoms with Gasteiger partial charge in [0.15, 0.2) is 0 Å². The standard InChI is InChI=1S/C19H28FN3O2/c1-12-9-13(20)6-7-15(12)23-8-4-5-14(11-23)22-17(25)19(21)10-16(24)18(19,2)3/h6-7,9,14,16,24H,4-5,8,10-11,21H2,1-3H3,(H,22,25)/t14?,16-,19-/m0/s1. The van der Waals surface area contributed by atoms with Gasteiger partial charge in [0.05, 0.1) is 6.10 Å². The van der Waals surface area contributed by atoms with E-state index in [2.05, 4.69) is 10.2 Å². The zero-order valence-electron chi connectivity index (χ0n) is 15.2. The number of halogens is 1. The van der Waals surface area contributed by atoms with E-state index in [0.717, 1.165) is 30.6 Å². The molecular formula is C19H28FN3O2. The third kappa shape index (κ3) is 3.02. The van der Waals surface area contributed by atoms with Gasteiger partial charge >= 0.3 is 0 Å². The van der Waals surface area contributed by atoms with Gasteiger partial charge in [-0.05, 0) is 43.5 Å². The zero-order valence-corrected chi connectivity index (χ0v) is 15.2. The molecule has 6 heteroatoms. The number of aliphatic hydroxyl groups is 1. The minimum Gasteiger partial charge on any atom is -0.392 e. The summed E-state index contributed by atoms with van der Waals surface area (Å²) in [7, 11) is 0. The Balaban J connectivity index is 1.67. The fourth-order valence-corrected chi connectivity index (χ4v) is 3.98. The summed E-state index contributed by atoms with van der Waals surface area (Å²) in [6.45, 7) is 7.12. The second-order valence-corrected chi connectivity index (χ2v) is 8.10. The number of nitrogens with zero attached hydrogens (tertiary/aromatic N) is 1. The van der Waals surface area contributed by atoms with Crippen molar-refractivity contribution in [3.8, 4) is 0 Å². The van der Waals surface area contributed by atoms with Crippen LogP contribution in [0.1, 0.15) is 38.7 Å². The van der Waals surface area contributed by atoms with Gasteiger partial charge in [-0.2, -0.15) is 0 Å². The number of nitrogens with one attached hydrogen (secondary N) is 1. The number of carbonyl (C=O) groups is 1. The Morgan fingerprint density at radius 2 is 2.16 bits per heavy atom. The maximum Gasteiger partial charge on any atom is 0.241 e. The molecule has 1 unspecified atom stereocenters. The van der Waals surface area contributed by atoms with E-state index < -0.39 is 17.1 Å². The fraction of sp³-hybridized carbons (Fsp3) is 0.632. The first-order valence-electron chi connectivity index (χ1n) is 8.94. The highest BCUT2D eigenvalue weighted by atomic mass is 19.1. The highest BCUT2D eigenvalue weighted by molar-refractivity contribution is 5.89. The summed E-state index contributed by atoms with van der Waals surface area (Å²) >= 11 is 0. The molecule has 0 bridgehead atoms. The average molecular weight is 349 g/mol. The molecule has 1 aliphatic heterocycles. The molecule has 138 valence electrons. The van der Waals surface area contributed by atoms with Gasteiger partial charge in [-0.1, -0.05) is 13.8 Å². The highest BCUT2D eigenvalue weighted by Gasteiger charge is 2.62. The molecular weight excluding hydrogens is 321 g/mol. The Morgan fingerprint density at radius 1 is 1.44 bits per heavy atom. The molecule has 3 rings (SSSR count). The number of piperidine rings is 1. The van der Waals surface area contributed by atoms with Gasteiger partial charge in [0, 0.05) is 36.7 Å². The number of aryl methyl sites for hydroxylation is 1. The highest BCUT2D eigenvalue weighted by Crippen LogP contribution is 2.48. The maximum atomic E-state index is 13.3. The molecule has 0 radical (unpaired) electrons. The van der Waals surface area contributed by atoms with Crippen molar-refractivity contribution < 1.29 is 14.3 Å². The van der Waals surface area contributed by atoms with Crippen molar-refractivity contribution in [3.05, 3.63) is 29.6 Å². The summed E-state index contributed by atoms with van der Waals surface area (Å²) < 4.78 is 13.3. The minimum atomic E-state index is -1.03. The van der Waals surface area contributed by atoms with Crippen LogP contribution in [-0.4, -0.2) is 41.8 Å². The molecule has 4 N–H and O–H groups in total. The Labute approximate surface area is 148 Å². The quantitative estimate of drug-likeness (QED) is 0.776. The van der Waals surface area contributed by atoms with Crippen molar-refractivity contribution in [2.24, 2.45) is 11.1 Å². The Bertz CT molecular complexity index is 679. The molecule has 25 heavy (non-hydrogen) atoms. The van der Waals surface area contributed by atoms with Crippen LogP contribution in [0.15, 0.2) is 18.2 Å². The molecule has 2 fully saturated rings. The average Bonchev–Trinajstić information content (AvgIpc) is 2.55. The van der Waals surface area contributed by atoms with Gasteiger partial charge in [-0.15, -0.1) is 0 Å². The largest absolute Gasteiger partial charge is 0.392 e. The van der Waals surface area contributed by atoms with Crippen molar-refractivity contribution >= 4 is 11.6 Å². The minimum absolute atomic E-state index is 0.000305. The normalized spacial score (nSPS) is 31.4. The summed E-state index contributed by atoms with van der Waals surface area (Å²) in [6, 6.07) is 4.80. The van der Waals surface area contributed by atoms with Gasteiger partial charge in [-0.25, -0.2) is 4.39 Å². The van der Waals surface area contributed by atoms with Crippen LogP contribution in [0.5, 0.6) is 0 Å². The van der Waals surface area contributed by atoms with E-state index in [4.69, 9.17) is 5.73 Å². The number of aliphatic hydroxyl groups excluding tert-OH is 1. The lowest BCUT2D eigenvalue weighted by molar-refractivity contribution is -0.159. The van der Waals surface area contributed by atoms with Crippen LogP contribution in [0.3, 0.4) is 0 Å². The topological polar surface area (TPSA) is 78.6 Å². The van der Waals surface area contributed by atoms with Crippen LogP contribution in [0, 0.1) is 18.2 Å². The van der Waals surface area contributed by atoms with Crippen LogP contribution in [-0.2, 0) is 4.79 Å². The van der Waals surface area contributed by atoms with Crippen molar-refractivity contribution in [2.45, 2.75) is 57.7 Å². The lowest BCUT2D eigenvalue weighted by Gasteiger charge is -2.56. The predicted octanol–water partition coefficient (Wildman–Crippen LogP) is 1.71. The Morgan fingerprint density at radius 3 is 2.76 bits per heavy atom. The molecule has 1 aromatic carbocycles. The van der Waals surface area contributed by atoms with Crippen LogP contribution in [0.4, 0.5) is 10.1 Å². The maximum absolute atomic E-state index is 13.3. The summed E-state index contributed by atoms with van der Waals surface area (Å²) in [5, 5.41) is 13.0. The van der Waals surface area contributed by atoms with Crippen molar-refractivity contribution in [1.82, 2.24) is 5.32 Å². The van der Waals surface area contributed by atoms with Crippen molar-refractivity contribution in [2.75, 3.05) is 18.0 Å². The van der Waals surface area contributed by atoms with Crippen molar-refractivity contribution in [3.63, 3.8) is 0 Å². The van der Waals surface area contributed by atoms with Crippen LogP contribution in [0.2, 0.25) is 0 Å². The molecule has 0 spiro atoms. The van der Waals surface area contributed by atoms with Gasteiger partial charge in [0.1, 0.15) is 11.4 Å². The number of hydrogen-bond acceptors (Lipinski definition) is 4. The van der Waals surface area contributed by atoms with E-state index in [1.165, 1.54) is 12.1 Å². The Kier molecular flexibility index (Phi) is 4.54. The van der Waals surface area contributed by atoms with E-state index >= 15 is 0 Å². The lowest BCUT2D eigenvalue weighted by atomic mass is 9.54. The number of amides is 1. The first kappa shape index (κ1) is 18.1. The SMILES string of the molecule is Cc1cc(F)ccc1N1CCCC(NC(=O)[C@@]2(N)C[C@H](O)C2(C)C)C1. The second-order valence-electron chi connectivity index (χ2n) is 8.10. The van der Waals surface area contributed by atoms with E-state index in [1.54, 1.807) is 6.07 Å². The number of nitrogens with two attached hydrogens (primary N) is 1. The fourth-order valence-electron chi connectivity index (χ4n) is 3.98. The predicted molar refractivity (Wildman–Crippen MR) is 95.8 cm³/mol. The number of benzene rings is 1. The first-order valence-corrected chi connectivity index (χ1v) is 8.94. The summed E-state index contributed by atoms with van der Waals surface area (Å²) in [5.74, 6) is -0.426. The summed E-state index contributed by atoms with van der Waals surface area (Å²) in [6.07, 6.45) is 1.58. The molecule has 1 amide bonds. The van der Waals surface area contributed by atoms with E-state index in [-0.39, 0.29) is 17.8 Å². The molecule has 1 heterocycles. The molecule has 1 saturated carbocycles. The number of hydrogen-bond donors (Lipinski definition) is 3. The smallest absolute Gasteiger partial charge is 0.241 e. The second kappa shape index (κ2) is 6.25. The van der Waals surface area contributed by atoms with E-state index in [9.17, 15) is 14.3 Å². The van der Waals surface area contributed by atoms with Gasteiger partial charge in [0.2, 0.25) is 5.91 Å². The first-order chi connectivity index (χ1) is 11.6. The zero-order chi connectivity index (χ0) is 18.4. The van der Waals surface area contributed by atoms with Crippen molar-refractivity contribution in [1.29, 1.82) is 0 Å². The summed E-state index contributed by atoms with van der Waals surface area (Å²) in [5.41, 5.74) is 6.53.